The van der Waals surface area contributed by atoms with Crippen molar-refractivity contribution in [3.63, 3.8) is 0 Å². The minimum absolute atomic E-state index is 0.154. The number of rotatable bonds is 7. The number of amides is 2. The molecule has 4 heterocycles. The second-order valence-electron chi connectivity index (χ2n) is 12.5. The topological polar surface area (TPSA) is 115 Å². The third kappa shape index (κ3) is 6.95. The molecular formula is C31H37F3N4O5. The number of ether oxygens (including phenoxy) is 2. The zero-order valence-corrected chi connectivity index (χ0v) is 24.4. The lowest BCUT2D eigenvalue weighted by Gasteiger charge is -2.47. The first-order chi connectivity index (χ1) is 20.3. The Balaban J connectivity index is 1.17. The molecule has 2 saturated heterocycles. The van der Waals surface area contributed by atoms with E-state index in [0.29, 0.717) is 13.1 Å². The van der Waals surface area contributed by atoms with Crippen LogP contribution in [0.5, 0.6) is 5.75 Å². The number of nitrogens with zero attached hydrogens (tertiary/aromatic N) is 3. The number of benzene rings is 1. The summed E-state index contributed by atoms with van der Waals surface area (Å²) in [7, 11) is 0. The summed E-state index contributed by atoms with van der Waals surface area (Å²) in [5.74, 6) is -3.10. The largest absolute Gasteiger partial charge is 0.490 e. The fraction of sp³-hybridized carbons (Fsp3) is 0.548. The van der Waals surface area contributed by atoms with Gasteiger partial charge >= 0.3 is 12.1 Å². The van der Waals surface area contributed by atoms with Crippen molar-refractivity contribution < 1.29 is 37.0 Å². The number of pyridine rings is 1. The number of esters is 1. The molecule has 43 heavy (non-hydrogen) atoms. The first-order valence-electron chi connectivity index (χ1n) is 14.6. The molecule has 3 aliphatic rings. The summed E-state index contributed by atoms with van der Waals surface area (Å²) in [5.41, 5.74) is 8.17. The molecule has 1 unspecified atom stereocenters. The minimum atomic E-state index is -5.28. The fourth-order valence-electron chi connectivity index (χ4n) is 6.49. The molecule has 1 spiro atoms. The normalized spacial score (nSPS) is 20.3. The van der Waals surface area contributed by atoms with E-state index in [9.17, 15) is 27.6 Å². The van der Waals surface area contributed by atoms with Gasteiger partial charge in [0.25, 0.3) is 11.8 Å². The number of alkyl halides is 3. The van der Waals surface area contributed by atoms with Crippen molar-refractivity contribution in [3.8, 4) is 5.75 Å². The van der Waals surface area contributed by atoms with Crippen molar-refractivity contribution in [2.75, 3.05) is 26.2 Å². The summed E-state index contributed by atoms with van der Waals surface area (Å²) in [4.78, 5) is 44.7. The van der Waals surface area contributed by atoms with Gasteiger partial charge in [-0.1, -0.05) is 12.1 Å². The van der Waals surface area contributed by atoms with Crippen LogP contribution < -0.4 is 10.5 Å². The van der Waals surface area contributed by atoms with E-state index in [1.807, 2.05) is 6.07 Å². The van der Waals surface area contributed by atoms with Crippen LogP contribution in [0.25, 0.3) is 0 Å². The van der Waals surface area contributed by atoms with Crippen molar-refractivity contribution in [2.45, 2.75) is 76.8 Å². The van der Waals surface area contributed by atoms with Gasteiger partial charge in [0.2, 0.25) is 0 Å². The van der Waals surface area contributed by atoms with Gasteiger partial charge in [0.05, 0.1) is 0 Å². The standard InChI is InChI=1S/C31H37F3N4O5/c1-29(2)17-23-20(4-3-5-24(23)43-29)19-37-12-7-30(8-13-37)9-14-38(15-10-30)27(40)22-6-11-36-18-21(22)16-25(26(35)39)42-28(41)31(32,33)34/h3-6,11,18,25H,7-10,12-17,19H2,1-2H3,(H2,35,39). The molecule has 2 aromatic rings. The Kier molecular flexibility index (Phi) is 8.43. The lowest BCUT2D eigenvalue weighted by atomic mass is 9.71. The van der Waals surface area contributed by atoms with Gasteiger partial charge in [-0.15, -0.1) is 0 Å². The van der Waals surface area contributed by atoms with Crippen molar-refractivity contribution in [1.82, 2.24) is 14.8 Å². The van der Waals surface area contributed by atoms with E-state index < -0.39 is 30.6 Å². The molecule has 0 saturated carbocycles. The van der Waals surface area contributed by atoms with Gasteiger partial charge in [-0.25, -0.2) is 4.79 Å². The van der Waals surface area contributed by atoms with Crippen molar-refractivity contribution >= 4 is 17.8 Å². The van der Waals surface area contributed by atoms with Gasteiger partial charge in [0.15, 0.2) is 6.10 Å². The van der Waals surface area contributed by atoms with E-state index in [2.05, 4.69) is 40.6 Å². The SMILES string of the molecule is CC1(C)Cc2c(CN3CCC4(CC3)CCN(C(=O)c3ccncc3CC(OC(=O)C(F)(F)F)C(N)=O)CC4)cccc2O1. The second-order valence-corrected chi connectivity index (χ2v) is 12.5. The number of aromatic nitrogens is 1. The average molecular weight is 603 g/mol. The van der Waals surface area contributed by atoms with E-state index in [1.54, 1.807) is 4.90 Å². The van der Waals surface area contributed by atoms with Crippen LogP contribution >= 0.6 is 0 Å². The molecule has 2 amide bonds. The number of halogens is 3. The third-order valence-electron chi connectivity index (χ3n) is 8.98. The summed E-state index contributed by atoms with van der Waals surface area (Å²) in [6.45, 7) is 8.15. The number of nitrogens with two attached hydrogens (primary N) is 1. The van der Waals surface area contributed by atoms with Gasteiger partial charge in [-0.3, -0.25) is 19.5 Å². The van der Waals surface area contributed by atoms with Gasteiger partial charge in [0.1, 0.15) is 11.4 Å². The molecule has 3 aliphatic heterocycles. The Labute approximate surface area is 248 Å². The number of carbonyl (C=O) groups is 3. The molecule has 232 valence electrons. The van der Waals surface area contributed by atoms with Crippen molar-refractivity contribution in [2.24, 2.45) is 11.1 Å². The maximum Gasteiger partial charge on any atom is 0.490 e. The maximum absolute atomic E-state index is 13.5. The maximum atomic E-state index is 13.5. The summed E-state index contributed by atoms with van der Waals surface area (Å²) in [6, 6.07) is 7.75. The molecule has 1 atom stereocenters. The Morgan fingerprint density at radius 2 is 1.72 bits per heavy atom. The molecule has 2 N–H and O–H groups in total. The Bertz CT molecular complexity index is 1380. The Morgan fingerprint density at radius 1 is 1.05 bits per heavy atom. The van der Waals surface area contributed by atoms with Crippen LogP contribution in [0, 0.1) is 5.41 Å². The third-order valence-corrected chi connectivity index (χ3v) is 8.98. The Morgan fingerprint density at radius 3 is 2.37 bits per heavy atom. The minimum Gasteiger partial charge on any atom is -0.487 e. The highest BCUT2D eigenvalue weighted by Gasteiger charge is 2.44. The van der Waals surface area contributed by atoms with Crippen LogP contribution in [0.2, 0.25) is 0 Å². The average Bonchev–Trinajstić information content (AvgIpc) is 3.28. The zero-order chi connectivity index (χ0) is 31.0. The summed E-state index contributed by atoms with van der Waals surface area (Å²) < 4.78 is 48.5. The van der Waals surface area contributed by atoms with Gasteiger partial charge < -0.3 is 20.1 Å². The summed E-state index contributed by atoms with van der Waals surface area (Å²) in [6.07, 6.45) is -0.310. The van der Waals surface area contributed by atoms with Crippen LogP contribution in [0.15, 0.2) is 36.7 Å². The lowest BCUT2D eigenvalue weighted by Crippen LogP contribution is -2.48. The highest BCUT2D eigenvalue weighted by Crippen LogP contribution is 2.43. The number of hydrogen-bond donors (Lipinski definition) is 1. The molecule has 1 aromatic heterocycles. The predicted molar refractivity (Wildman–Crippen MR) is 150 cm³/mol. The van der Waals surface area contributed by atoms with E-state index in [1.165, 1.54) is 29.6 Å². The number of likely N-dealkylation sites (tertiary alicyclic amines) is 2. The quantitative estimate of drug-likeness (QED) is 0.480. The van der Waals surface area contributed by atoms with Crippen molar-refractivity contribution in [1.29, 1.82) is 0 Å². The molecule has 0 radical (unpaired) electrons. The number of carbonyl (C=O) groups excluding carboxylic acids is 3. The summed E-state index contributed by atoms with van der Waals surface area (Å²) >= 11 is 0. The highest BCUT2D eigenvalue weighted by molar-refractivity contribution is 5.96. The molecule has 1 aromatic carbocycles. The number of primary amides is 1. The van der Waals surface area contributed by atoms with E-state index in [0.717, 1.165) is 57.5 Å². The Hall–Kier alpha value is -3.67. The van der Waals surface area contributed by atoms with Crippen LogP contribution in [0.1, 0.15) is 66.6 Å². The molecule has 12 heteroatoms. The fourth-order valence-corrected chi connectivity index (χ4v) is 6.49. The van der Waals surface area contributed by atoms with Crippen LogP contribution in [0.3, 0.4) is 0 Å². The van der Waals surface area contributed by atoms with E-state index in [4.69, 9.17) is 10.5 Å². The van der Waals surface area contributed by atoms with Gasteiger partial charge in [0, 0.05) is 56.0 Å². The number of hydrogen-bond acceptors (Lipinski definition) is 7. The molecular weight excluding hydrogens is 565 g/mol. The van der Waals surface area contributed by atoms with Crippen LogP contribution in [0.4, 0.5) is 13.2 Å². The second kappa shape index (κ2) is 11.8. The smallest absolute Gasteiger partial charge is 0.487 e. The highest BCUT2D eigenvalue weighted by atomic mass is 19.4. The van der Waals surface area contributed by atoms with Crippen molar-refractivity contribution in [3.05, 3.63) is 58.9 Å². The molecule has 2 fully saturated rings. The monoisotopic (exact) mass is 602 g/mol. The summed E-state index contributed by atoms with van der Waals surface area (Å²) in [5, 5.41) is 0. The van der Waals surface area contributed by atoms with Crippen LogP contribution in [-0.2, 0) is 33.7 Å². The number of fused-ring (bicyclic) bond motifs is 1. The molecule has 0 bridgehead atoms. The zero-order valence-electron chi connectivity index (χ0n) is 24.4. The molecule has 5 rings (SSSR count). The van der Waals surface area contributed by atoms with E-state index >= 15 is 0 Å². The number of piperidine rings is 2. The van der Waals surface area contributed by atoms with E-state index in [-0.39, 0.29) is 28.1 Å². The predicted octanol–water partition coefficient (Wildman–Crippen LogP) is 3.82. The lowest BCUT2D eigenvalue weighted by molar-refractivity contribution is -0.205. The first kappa shape index (κ1) is 30.8. The molecule has 9 nitrogen and oxygen atoms in total. The molecule has 0 aliphatic carbocycles. The van der Waals surface area contributed by atoms with Gasteiger partial charge in [-0.2, -0.15) is 13.2 Å². The van der Waals surface area contributed by atoms with Gasteiger partial charge in [-0.05, 0) is 81.3 Å². The van der Waals surface area contributed by atoms with Crippen LogP contribution in [-0.4, -0.2) is 76.6 Å². The first-order valence-corrected chi connectivity index (χ1v) is 14.6.